The summed E-state index contributed by atoms with van der Waals surface area (Å²) in [5.41, 5.74) is 6.47. The number of hydrogen-bond donors (Lipinski definition) is 1. The molecule has 0 aliphatic heterocycles. The normalized spacial score (nSPS) is 10.4. The molecule has 0 radical (unpaired) electrons. The van der Waals surface area contributed by atoms with Gasteiger partial charge in [-0.2, -0.15) is 0 Å². The van der Waals surface area contributed by atoms with Crippen molar-refractivity contribution >= 4 is 28.2 Å². The Morgan fingerprint density at radius 3 is 3.00 bits per heavy atom. The third-order valence-corrected chi connectivity index (χ3v) is 3.22. The van der Waals surface area contributed by atoms with E-state index in [2.05, 4.69) is 4.98 Å². The third-order valence-electron chi connectivity index (χ3n) is 1.14. The highest BCUT2D eigenvalue weighted by Crippen LogP contribution is 2.29. The molecule has 0 aliphatic carbocycles. The zero-order valence-corrected chi connectivity index (χ0v) is 8.09. The zero-order valence-electron chi connectivity index (χ0n) is 6.46. The number of nitrogen functional groups attached to an aromatic ring is 1. The van der Waals surface area contributed by atoms with Gasteiger partial charge in [-0.25, -0.2) is 4.98 Å². The van der Waals surface area contributed by atoms with E-state index in [0.717, 1.165) is 9.90 Å². The number of nitrogens with two attached hydrogens (primary N) is 1. The molecule has 1 aromatic rings. The van der Waals surface area contributed by atoms with Crippen LogP contribution in [-0.4, -0.2) is 18.3 Å². The molecule has 0 fully saturated rings. The van der Waals surface area contributed by atoms with Crippen LogP contribution in [0.4, 0.5) is 5.13 Å². The SMILES string of the molecule is COCc1nc(N)sc1SC. The highest BCUT2D eigenvalue weighted by molar-refractivity contribution is 8.00. The second-order valence-corrected chi connectivity index (χ2v) is 4.03. The molecule has 0 bridgehead atoms. The summed E-state index contributed by atoms with van der Waals surface area (Å²) in [5.74, 6) is 0. The van der Waals surface area contributed by atoms with E-state index in [1.807, 2.05) is 6.26 Å². The van der Waals surface area contributed by atoms with Crippen LogP contribution in [-0.2, 0) is 11.3 Å². The monoisotopic (exact) mass is 190 g/mol. The van der Waals surface area contributed by atoms with E-state index in [4.69, 9.17) is 10.5 Å². The van der Waals surface area contributed by atoms with Crippen LogP contribution >= 0.6 is 23.1 Å². The molecular formula is C6H10N2OS2. The molecule has 0 amide bonds. The van der Waals surface area contributed by atoms with E-state index in [1.165, 1.54) is 11.3 Å². The van der Waals surface area contributed by atoms with Crippen LogP contribution in [0.25, 0.3) is 0 Å². The van der Waals surface area contributed by atoms with Crippen molar-refractivity contribution in [2.24, 2.45) is 0 Å². The second kappa shape index (κ2) is 3.94. The number of methoxy groups -OCH3 is 1. The van der Waals surface area contributed by atoms with Crippen molar-refractivity contribution in [3.63, 3.8) is 0 Å². The fraction of sp³-hybridized carbons (Fsp3) is 0.500. The number of ether oxygens (including phenoxy) is 1. The number of nitrogens with zero attached hydrogens (tertiary/aromatic N) is 1. The summed E-state index contributed by atoms with van der Waals surface area (Å²) in [6.07, 6.45) is 2.01. The van der Waals surface area contributed by atoms with Crippen LogP contribution in [0.15, 0.2) is 4.21 Å². The predicted molar refractivity (Wildman–Crippen MR) is 49.0 cm³/mol. The van der Waals surface area contributed by atoms with Crippen molar-refractivity contribution in [3.05, 3.63) is 5.69 Å². The van der Waals surface area contributed by atoms with Gasteiger partial charge >= 0.3 is 0 Å². The van der Waals surface area contributed by atoms with Crippen LogP contribution in [0.3, 0.4) is 0 Å². The minimum atomic E-state index is 0.546. The van der Waals surface area contributed by atoms with Gasteiger partial charge < -0.3 is 10.5 Å². The molecular weight excluding hydrogens is 180 g/mol. The average molecular weight is 190 g/mol. The van der Waals surface area contributed by atoms with Crippen molar-refractivity contribution in [1.82, 2.24) is 4.98 Å². The molecule has 1 rings (SSSR count). The quantitative estimate of drug-likeness (QED) is 0.735. The van der Waals surface area contributed by atoms with Crippen molar-refractivity contribution in [3.8, 4) is 0 Å². The predicted octanol–water partition coefficient (Wildman–Crippen LogP) is 1.59. The standard InChI is InChI=1S/C6H10N2OS2/c1-9-3-4-5(10-2)11-6(7)8-4/h3H2,1-2H3,(H2,7,8). The third kappa shape index (κ3) is 2.08. The topological polar surface area (TPSA) is 48.1 Å². The van der Waals surface area contributed by atoms with Gasteiger partial charge in [0.25, 0.3) is 0 Å². The molecule has 3 nitrogen and oxygen atoms in total. The molecule has 5 heteroatoms. The Morgan fingerprint density at radius 2 is 2.45 bits per heavy atom. The first-order valence-corrected chi connectivity index (χ1v) is 5.10. The molecule has 1 aromatic heterocycles. The summed E-state index contributed by atoms with van der Waals surface area (Å²) in [6, 6.07) is 0. The lowest BCUT2D eigenvalue weighted by molar-refractivity contribution is 0.180. The lowest BCUT2D eigenvalue weighted by Crippen LogP contribution is -1.90. The average Bonchev–Trinajstić information content (AvgIpc) is 2.32. The van der Waals surface area contributed by atoms with Gasteiger partial charge in [0.2, 0.25) is 0 Å². The van der Waals surface area contributed by atoms with Crippen LogP contribution in [0.2, 0.25) is 0 Å². The van der Waals surface area contributed by atoms with Crippen molar-refractivity contribution in [2.45, 2.75) is 10.8 Å². The number of rotatable bonds is 3. The highest BCUT2D eigenvalue weighted by Gasteiger charge is 2.06. The summed E-state index contributed by atoms with van der Waals surface area (Å²) >= 11 is 3.16. The largest absolute Gasteiger partial charge is 0.378 e. The summed E-state index contributed by atoms with van der Waals surface area (Å²) in [7, 11) is 1.65. The van der Waals surface area contributed by atoms with Crippen molar-refractivity contribution in [1.29, 1.82) is 0 Å². The summed E-state index contributed by atoms with van der Waals surface area (Å²) in [4.78, 5) is 4.12. The Balaban J connectivity index is 2.83. The lowest BCUT2D eigenvalue weighted by Gasteiger charge is -1.94. The van der Waals surface area contributed by atoms with Gasteiger partial charge in [0.1, 0.15) is 0 Å². The molecule has 1 heterocycles. The number of thioether (sulfide) groups is 1. The lowest BCUT2D eigenvalue weighted by atomic mass is 10.5. The van der Waals surface area contributed by atoms with E-state index < -0.39 is 0 Å². The Bertz CT molecular complexity index is 236. The molecule has 0 unspecified atom stereocenters. The number of anilines is 1. The maximum atomic E-state index is 5.52. The Morgan fingerprint density at radius 1 is 1.73 bits per heavy atom. The van der Waals surface area contributed by atoms with Gasteiger partial charge in [-0.3, -0.25) is 0 Å². The van der Waals surface area contributed by atoms with Crippen molar-refractivity contribution in [2.75, 3.05) is 19.1 Å². The van der Waals surface area contributed by atoms with Crippen molar-refractivity contribution < 1.29 is 4.74 Å². The number of aromatic nitrogens is 1. The second-order valence-electron chi connectivity index (χ2n) is 1.92. The molecule has 0 spiro atoms. The zero-order chi connectivity index (χ0) is 8.27. The first-order chi connectivity index (χ1) is 5.27. The smallest absolute Gasteiger partial charge is 0.181 e. The van der Waals surface area contributed by atoms with E-state index in [1.54, 1.807) is 18.9 Å². The molecule has 62 valence electrons. The number of hydrogen-bond acceptors (Lipinski definition) is 5. The maximum absolute atomic E-state index is 5.52. The van der Waals surface area contributed by atoms with Gasteiger partial charge in [0.05, 0.1) is 16.5 Å². The molecule has 0 atom stereocenters. The maximum Gasteiger partial charge on any atom is 0.181 e. The van der Waals surface area contributed by atoms with Gasteiger partial charge in [-0.1, -0.05) is 11.3 Å². The molecule has 0 saturated heterocycles. The van der Waals surface area contributed by atoms with Gasteiger partial charge in [-0.15, -0.1) is 11.8 Å². The van der Waals surface area contributed by atoms with Crippen LogP contribution in [0, 0.1) is 0 Å². The Labute approximate surface area is 74.0 Å². The van der Waals surface area contributed by atoms with E-state index in [-0.39, 0.29) is 0 Å². The van der Waals surface area contributed by atoms with Gasteiger partial charge in [0.15, 0.2) is 5.13 Å². The summed E-state index contributed by atoms with van der Waals surface area (Å²) in [6.45, 7) is 0.546. The van der Waals surface area contributed by atoms with Gasteiger partial charge in [-0.05, 0) is 6.26 Å². The first-order valence-electron chi connectivity index (χ1n) is 3.06. The van der Waals surface area contributed by atoms with Crippen LogP contribution < -0.4 is 5.73 Å². The molecule has 0 aliphatic rings. The molecule has 2 N–H and O–H groups in total. The number of thiazole rings is 1. The Hall–Kier alpha value is -0.260. The molecule has 0 aromatic carbocycles. The summed E-state index contributed by atoms with van der Waals surface area (Å²) in [5, 5.41) is 0.612. The molecule has 0 saturated carbocycles. The van der Waals surface area contributed by atoms with Gasteiger partial charge in [0, 0.05) is 7.11 Å². The minimum absolute atomic E-state index is 0.546. The molecule has 11 heavy (non-hydrogen) atoms. The first kappa shape index (κ1) is 8.83. The fourth-order valence-electron chi connectivity index (χ4n) is 0.743. The van der Waals surface area contributed by atoms with E-state index in [9.17, 15) is 0 Å². The summed E-state index contributed by atoms with van der Waals surface area (Å²) < 4.78 is 6.10. The van der Waals surface area contributed by atoms with Crippen LogP contribution in [0.5, 0.6) is 0 Å². The van der Waals surface area contributed by atoms with E-state index in [0.29, 0.717) is 11.7 Å². The van der Waals surface area contributed by atoms with E-state index >= 15 is 0 Å². The van der Waals surface area contributed by atoms with Crippen LogP contribution in [0.1, 0.15) is 5.69 Å². The Kier molecular flexibility index (Phi) is 3.16. The minimum Gasteiger partial charge on any atom is -0.378 e. The fourth-order valence-corrected chi connectivity index (χ4v) is 2.24. The highest BCUT2D eigenvalue weighted by atomic mass is 32.2.